The zero-order valence-electron chi connectivity index (χ0n) is 9.35. The molecule has 0 bridgehead atoms. The molecule has 2 heterocycles. The topological polar surface area (TPSA) is 52.9 Å². The second kappa shape index (κ2) is 4.40. The highest BCUT2D eigenvalue weighted by molar-refractivity contribution is 7.12. The van der Waals surface area contributed by atoms with Gasteiger partial charge in [-0.2, -0.15) is 5.10 Å². The first-order chi connectivity index (χ1) is 8.77. The minimum absolute atomic E-state index is 0.289. The molecule has 0 unspecified atom stereocenters. The van der Waals surface area contributed by atoms with E-state index in [0.717, 1.165) is 10.5 Å². The lowest BCUT2D eigenvalue weighted by Crippen LogP contribution is -2.52. The zero-order chi connectivity index (χ0) is 12.5. The maximum atomic E-state index is 12.1. The Labute approximate surface area is 108 Å². The number of hydrazone groups is 1. The number of benzene rings is 1. The molecule has 6 heteroatoms. The summed E-state index contributed by atoms with van der Waals surface area (Å²) in [7, 11) is -1.03. The minimum Gasteiger partial charge on any atom is -0.427 e. The highest BCUT2D eigenvalue weighted by atomic mass is 32.1. The quantitative estimate of drug-likeness (QED) is 0.771. The Morgan fingerprint density at radius 3 is 2.89 bits per heavy atom. The molecule has 1 aromatic carbocycles. The van der Waals surface area contributed by atoms with Crippen LogP contribution in [0.25, 0.3) is 0 Å². The monoisotopic (exact) mass is 256 g/mol. The van der Waals surface area contributed by atoms with Crippen molar-refractivity contribution in [1.29, 1.82) is 0 Å². The van der Waals surface area contributed by atoms with Crippen molar-refractivity contribution < 1.29 is 9.82 Å². The molecule has 2 aromatic rings. The van der Waals surface area contributed by atoms with Crippen LogP contribution in [0.5, 0.6) is 0 Å². The van der Waals surface area contributed by atoms with Gasteiger partial charge in [-0.1, -0.05) is 30.3 Å². The molecule has 4 nitrogen and oxygen atoms in total. The molecule has 0 aliphatic carbocycles. The number of thiophene rings is 1. The van der Waals surface area contributed by atoms with Crippen LogP contribution in [0.1, 0.15) is 15.2 Å². The van der Waals surface area contributed by atoms with E-state index in [1.807, 2.05) is 23.6 Å². The maximum absolute atomic E-state index is 12.1. The molecular weight excluding hydrogens is 247 g/mol. The fourth-order valence-electron chi connectivity index (χ4n) is 1.86. The van der Waals surface area contributed by atoms with Crippen molar-refractivity contribution in [2.24, 2.45) is 5.10 Å². The molecular formula is C12H9BN2O2S. The normalized spacial score (nSPS) is 13.6. The van der Waals surface area contributed by atoms with Crippen LogP contribution in [0.2, 0.25) is 0 Å². The lowest BCUT2D eigenvalue weighted by Gasteiger charge is -2.24. The molecule has 0 saturated heterocycles. The molecule has 0 radical (unpaired) electrons. The molecule has 88 valence electrons. The molecule has 0 saturated carbocycles. The molecule has 1 amide bonds. The summed E-state index contributed by atoms with van der Waals surface area (Å²) in [6, 6.07) is 10.9. The molecule has 1 aliphatic heterocycles. The minimum atomic E-state index is -1.03. The number of rotatable bonds is 1. The highest BCUT2D eigenvalue weighted by Crippen LogP contribution is 2.15. The summed E-state index contributed by atoms with van der Waals surface area (Å²) in [4.78, 5) is 13.8. The van der Waals surface area contributed by atoms with Crippen molar-refractivity contribution in [3.05, 3.63) is 52.2 Å². The number of hydrogen-bond donors (Lipinski definition) is 1. The van der Waals surface area contributed by atoms with Crippen molar-refractivity contribution in [3.63, 3.8) is 0 Å². The van der Waals surface area contributed by atoms with Crippen molar-refractivity contribution >= 4 is 36.0 Å². The second-order valence-corrected chi connectivity index (χ2v) is 4.82. The van der Waals surface area contributed by atoms with Gasteiger partial charge in [-0.15, -0.1) is 11.3 Å². The van der Waals surface area contributed by atoms with E-state index in [0.29, 0.717) is 10.3 Å². The van der Waals surface area contributed by atoms with Gasteiger partial charge >= 0.3 is 7.05 Å². The van der Waals surface area contributed by atoms with Gasteiger partial charge in [0.2, 0.25) is 0 Å². The van der Waals surface area contributed by atoms with Gasteiger partial charge in [0.05, 0.1) is 11.1 Å². The molecule has 1 N–H and O–H groups in total. The van der Waals surface area contributed by atoms with Gasteiger partial charge < -0.3 is 5.02 Å². The van der Waals surface area contributed by atoms with Gasteiger partial charge in [0.1, 0.15) is 0 Å². The lowest BCUT2D eigenvalue weighted by molar-refractivity contribution is 0.0850. The number of carbonyl (C=O) groups excluding carboxylic acids is 1. The average molecular weight is 256 g/mol. The first kappa shape index (κ1) is 11.2. The third-order valence-corrected chi connectivity index (χ3v) is 3.62. The van der Waals surface area contributed by atoms with E-state index < -0.39 is 7.05 Å². The van der Waals surface area contributed by atoms with Crippen LogP contribution < -0.4 is 5.46 Å². The van der Waals surface area contributed by atoms with Crippen LogP contribution in [0, 0.1) is 0 Å². The maximum Gasteiger partial charge on any atom is 0.474 e. The molecule has 3 rings (SSSR count). The van der Waals surface area contributed by atoms with Crippen LogP contribution in [0.3, 0.4) is 0 Å². The fourth-order valence-corrected chi connectivity index (χ4v) is 2.51. The molecule has 1 aromatic heterocycles. The summed E-state index contributed by atoms with van der Waals surface area (Å²) < 4.78 is 0. The fraction of sp³-hybridized carbons (Fsp3) is 0. The molecule has 0 spiro atoms. The Morgan fingerprint density at radius 2 is 2.11 bits per heavy atom. The van der Waals surface area contributed by atoms with Crippen LogP contribution >= 0.6 is 11.3 Å². The summed E-state index contributed by atoms with van der Waals surface area (Å²) in [6.07, 6.45) is 1.59. The summed E-state index contributed by atoms with van der Waals surface area (Å²) in [6.45, 7) is 0. The van der Waals surface area contributed by atoms with Gasteiger partial charge in [-0.3, -0.25) is 4.79 Å². The standard InChI is InChI=1S/C12H9BN2O2S/c16-12(11-6-3-7-18-11)15-13(17)10-5-2-1-4-9(10)8-14-15/h1-8,17H. The van der Waals surface area contributed by atoms with Crippen LogP contribution in [-0.2, 0) is 0 Å². The van der Waals surface area contributed by atoms with Crippen molar-refractivity contribution in [3.8, 4) is 0 Å². The zero-order valence-corrected chi connectivity index (χ0v) is 10.2. The van der Waals surface area contributed by atoms with E-state index >= 15 is 0 Å². The number of nitrogens with zero attached hydrogens (tertiary/aromatic N) is 2. The van der Waals surface area contributed by atoms with E-state index in [9.17, 15) is 9.82 Å². The largest absolute Gasteiger partial charge is 0.474 e. The molecule has 0 fully saturated rings. The van der Waals surface area contributed by atoms with Crippen molar-refractivity contribution in [2.75, 3.05) is 0 Å². The SMILES string of the molecule is O=C(c1cccs1)N1N=Cc2ccccc2B1O. The van der Waals surface area contributed by atoms with Gasteiger partial charge in [-0.05, 0) is 22.5 Å². The third kappa shape index (κ3) is 1.75. The van der Waals surface area contributed by atoms with Gasteiger partial charge in [0, 0.05) is 0 Å². The van der Waals surface area contributed by atoms with Crippen LogP contribution in [-0.4, -0.2) is 29.1 Å². The first-order valence-corrected chi connectivity index (χ1v) is 6.33. The van der Waals surface area contributed by atoms with Crippen LogP contribution in [0.4, 0.5) is 0 Å². The Hall–Kier alpha value is -1.92. The van der Waals surface area contributed by atoms with Gasteiger partial charge in [-0.25, -0.2) is 4.92 Å². The number of hydrogen-bond acceptors (Lipinski definition) is 4. The molecule has 0 atom stereocenters. The highest BCUT2D eigenvalue weighted by Gasteiger charge is 2.33. The molecule has 1 aliphatic rings. The summed E-state index contributed by atoms with van der Waals surface area (Å²) in [5, 5.41) is 16.0. The third-order valence-electron chi connectivity index (χ3n) is 2.77. The van der Waals surface area contributed by atoms with E-state index in [-0.39, 0.29) is 5.91 Å². The first-order valence-electron chi connectivity index (χ1n) is 5.45. The summed E-state index contributed by atoms with van der Waals surface area (Å²) >= 11 is 1.33. The Kier molecular flexibility index (Phi) is 2.73. The Balaban J connectivity index is 1.96. The smallest absolute Gasteiger partial charge is 0.427 e. The van der Waals surface area contributed by atoms with Gasteiger partial charge in [0.25, 0.3) is 5.91 Å². The number of fused-ring (bicyclic) bond motifs is 1. The summed E-state index contributed by atoms with van der Waals surface area (Å²) in [5.41, 5.74) is 1.53. The van der Waals surface area contributed by atoms with E-state index in [2.05, 4.69) is 5.10 Å². The second-order valence-electron chi connectivity index (χ2n) is 3.87. The predicted molar refractivity (Wildman–Crippen MR) is 72.1 cm³/mol. The van der Waals surface area contributed by atoms with Crippen molar-refractivity contribution in [2.45, 2.75) is 0 Å². The molecule has 18 heavy (non-hydrogen) atoms. The van der Waals surface area contributed by atoms with E-state index in [1.54, 1.807) is 24.4 Å². The van der Waals surface area contributed by atoms with Crippen molar-refractivity contribution in [1.82, 2.24) is 4.92 Å². The van der Waals surface area contributed by atoms with E-state index in [4.69, 9.17) is 0 Å². The predicted octanol–water partition coefficient (Wildman–Crippen LogP) is 0.925. The van der Waals surface area contributed by atoms with Crippen LogP contribution in [0.15, 0.2) is 46.9 Å². The number of carbonyl (C=O) groups is 1. The summed E-state index contributed by atoms with van der Waals surface area (Å²) in [5.74, 6) is -0.289. The van der Waals surface area contributed by atoms with Gasteiger partial charge in [0.15, 0.2) is 0 Å². The Morgan fingerprint density at radius 1 is 1.28 bits per heavy atom. The lowest BCUT2D eigenvalue weighted by atomic mass is 9.70. The van der Waals surface area contributed by atoms with E-state index in [1.165, 1.54) is 11.3 Å². The average Bonchev–Trinajstić information content (AvgIpc) is 2.93. The number of amides is 1. The Bertz CT molecular complexity index is 612.